The van der Waals surface area contributed by atoms with Gasteiger partial charge in [-0.3, -0.25) is 4.79 Å². The van der Waals surface area contributed by atoms with Gasteiger partial charge in [0, 0.05) is 10.9 Å². The Hall–Kier alpha value is -3.33. The molecule has 0 spiro atoms. The molecular weight excluding hydrogens is 362 g/mol. The summed E-state index contributed by atoms with van der Waals surface area (Å²) >= 11 is 1.56. The topological polar surface area (TPSA) is 90.5 Å². The van der Waals surface area contributed by atoms with Crippen LogP contribution in [0.3, 0.4) is 0 Å². The van der Waals surface area contributed by atoms with Crippen LogP contribution in [0.1, 0.15) is 11.4 Å². The van der Waals surface area contributed by atoms with Crippen molar-refractivity contribution in [1.29, 1.82) is 0 Å². The molecule has 3 heterocycles. The Morgan fingerprint density at radius 2 is 1.96 bits per heavy atom. The third kappa shape index (κ3) is 3.49. The highest BCUT2D eigenvalue weighted by atomic mass is 32.1. The first-order chi connectivity index (χ1) is 13.1. The van der Waals surface area contributed by atoms with Crippen LogP contribution in [0.2, 0.25) is 0 Å². The van der Waals surface area contributed by atoms with Crippen molar-refractivity contribution in [2.45, 2.75) is 20.4 Å². The van der Waals surface area contributed by atoms with Crippen LogP contribution in [0.15, 0.2) is 47.2 Å². The molecule has 27 heavy (non-hydrogen) atoms. The highest BCUT2D eigenvalue weighted by molar-refractivity contribution is 7.08. The van der Waals surface area contributed by atoms with E-state index in [4.69, 9.17) is 0 Å². The summed E-state index contributed by atoms with van der Waals surface area (Å²) in [6, 6.07) is 11.7. The highest BCUT2D eigenvalue weighted by Crippen LogP contribution is 2.22. The van der Waals surface area contributed by atoms with E-state index in [1.165, 1.54) is 4.80 Å². The molecule has 1 N–H and O–H groups in total. The Bertz CT molecular complexity index is 1070. The van der Waals surface area contributed by atoms with Crippen LogP contribution in [0.25, 0.3) is 17.1 Å². The van der Waals surface area contributed by atoms with Crippen LogP contribution in [-0.2, 0) is 11.3 Å². The summed E-state index contributed by atoms with van der Waals surface area (Å²) in [6.45, 7) is 3.77. The second-order valence-electron chi connectivity index (χ2n) is 6.00. The number of para-hydroxylation sites is 1. The van der Waals surface area contributed by atoms with Gasteiger partial charge in [-0.25, -0.2) is 4.68 Å². The summed E-state index contributed by atoms with van der Waals surface area (Å²) in [4.78, 5) is 13.7. The Balaban J connectivity index is 1.50. The molecule has 136 valence electrons. The van der Waals surface area contributed by atoms with Gasteiger partial charge in [0.2, 0.25) is 11.7 Å². The van der Waals surface area contributed by atoms with Crippen molar-refractivity contribution in [3.05, 3.63) is 58.5 Å². The normalized spacial score (nSPS) is 10.9. The number of rotatable bonds is 5. The minimum Gasteiger partial charge on any atom is -0.321 e. The number of nitrogens with one attached hydrogen (secondary N) is 1. The maximum Gasteiger partial charge on any atom is 0.248 e. The summed E-state index contributed by atoms with van der Waals surface area (Å²) in [5, 5.41) is 23.5. The van der Waals surface area contributed by atoms with E-state index in [1.807, 2.05) is 65.7 Å². The predicted molar refractivity (Wildman–Crippen MR) is 103 cm³/mol. The molecule has 0 fully saturated rings. The first kappa shape index (κ1) is 17.1. The van der Waals surface area contributed by atoms with Gasteiger partial charge in [0.15, 0.2) is 0 Å². The van der Waals surface area contributed by atoms with E-state index in [0.717, 1.165) is 22.6 Å². The van der Waals surface area contributed by atoms with E-state index < -0.39 is 0 Å². The first-order valence-electron chi connectivity index (χ1n) is 8.33. The zero-order valence-electron chi connectivity index (χ0n) is 14.8. The van der Waals surface area contributed by atoms with Crippen molar-refractivity contribution in [2.75, 3.05) is 5.32 Å². The van der Waals surface area contributed by atoms with Crippen LogP contribution < -0.4 is 5.32 Å². The summed E-state index contributed by atoms with van der Waals surface area (Å²) in [6.07, 6.45) is 0. The molecule has 0 aliphatic rings. The van der Waals surface area contributed by atoms with Gasteiger partial charge in [-0.05, 0) is 42.6 Å². The van der Waals surface area contributed by atoms with Gasteiger partial charge in [-0.1, -0.05) is 18.2 Å². The number of tetrazole rings is 1. The van der Waals surface area contributed by atoms with Crippen LogP contribution in [0.4, 0.5) is 5.69 Å². The fourth-order valence-electron chi connectivity index (χ4n) is 2.77. The van der Waals surface area contributed by atoms with Crippen molar-refractivity contribution in [2.24, 2.45) is 0 Å². The number of amides is 1. The summed E-state index contributed by atoms with van der Waals surface area (Å²) < 4.78 is 1.81. The third-order valence-electron chi connectivity index (χ3n) is 4.07. The molecule has 0 saturated heterocycles. The number of nitrogens with zero attached hydrogens (tertiary/aromatic N) is 6. The number of benzene rings is 1. The predicted octanol–water partition coefficient (Wildman–Crippen LogP) is 2.84. The molecular formula is C18H17N7OS. The molecule has 1 amide bonds. The van der Waals surface area contributed by atoms with Gasteiger partial charge in [0.25, 0.3) is 0 Å². The van der Waals surface area contributed by atoms with Crippen LogP contribution >= 0.6 is 11.3 Å². The number of carbonyl (C=O) groups excluding carboxylic acids is 1. The van der Waals surface area contributed by atoms with E-state index in [2.05, 4.69) is 25.8 Å². The third-order valence-corrected chi connectivity index (χ3v) is 4.76. The molecule has 0 aliphatic carbocycles. The van der Waals surface area contributed by atoms with Gasteiger partial charge < -0.3 is 5.32 Å². The molecule has 9 heteroatoms. The molecule has 4 rings (SSSR count). The van der Waals surface area contributed by atoms with Gasteiger partial charge in [0.05, 0.1) is 22.8 Å². The summed E-state index contributed by atoms with van der Waals surface area (Å²) in [5.74, 6) is 0.274. The Morgan fingerprint density at radius 1 is 1.15 bits per heavy atom. The molecule has 8 nitrogen and oxygen atoms in total. The minimum absolute atomic E-state index is 0.0213. The fourth-order valence-corrected chi connectivity index (χ4v) is 3.40. The first-order valence-corrected chi connectivity index (χ1v) is 9.28. The summed E-state index contributed by atoms with van der Waals surface area (Å²) in [7, 11) is 0. The van der Waals surface area contributed by atoms with E-state index >= 15 is 0 Å². The van der Waals surface area contributed by atoms with Gasteiger partial charge in [0.1, 0.15) is 6.54 Å². The van der Waals surface area contributed by atoms with Crippen LogP contribution in [0.5, 0.6) is 0 Å². The lowest BCUT2D eigenvalue weighted by molar-refractivity contribution is -0.117. The molecule has 3 aromatic heterocycles. The molecule has 0 bridgehead atoms. The maximum absolute atomic E-state index is 12.5. The van der Waals surface area contributed by atoms with Crippen molar-refractivity contribution >= 4 is 22.9 Å². The maximum atomic E-state index is 12.5. The number of thiophene rings is 1. The molecule has 0 unspecified atom stereocenters. The summed E-state index contributed by atoms with van der Waals surface area (Å²) in [5.41, 5.74) is 4.13. The number of aryl methyl sites for hydroxylation is 1. The molecule has 1 aromatic carbocycles. The number of aromatic nitrogens is 6. The minimum atomic E-state index is -0.233. The van der Waals surface area contributed by atoms with E-state index in [9.17, 15) is 4.79 Å². The lowest BCUT2D eigenvalue weighted by Gasteiger charge is -2.06. The number of carbonyl (C=O) groups is 1. The zero-order valence-corrected chi connectivity index (χ0v) is 15.6. The van der Waals surface area contributed by atoms with Gasteiger partial charge >= 0.3 is 0 Å². The molecule has 0 atom stereocenters. The molecule has 0 aliphatic heterocycles. The second kappa shape index (κ2) is 7.12. The van der Waals surface area contributed by atoms with Gasteiger partial charge in [-0.2, -0.15) is 21.2 Å². The Kier molecular flexibility index (Phi) is 4.51. The average Bonchev–Trinajstić information content (AvgIpc) is 3.40. The van der Waals surface area contributed by atoms with Crippen molar-refractivity contribution in [1.82, 2.24) is 30.0 Å². The van der Waals surface area contributed by atoms with Crippen molar-refractivity contribution < 1.29 is 4.79 Å². The zero-order chi connectivity index (χ0) is 18.8. The molecule has 4 aromatic rings. The standard InChI is InChI=1S/C18H17N7OS/c1-12-17(13(2)25(21-12)15-6-4-3-5-7-15)19-16(26)10-24-22-18(20-23-24)14-8-9-27-11-14/h3-9,11H,10H2,1-2H3,(H,19,26). The number of hydrogen-bond acceptors (Lipinski definition) is 6. The lowest BCUT2D eigenvalue weighted by Crippen LogP contribution is -2.21. The highest BCUT2D eigenvalue weighted by Gasteiger charge is 2.16. The fraction of sp³-hybridized carbons (Fsp3) is 0.167. The Labute approximate surface area is 159 Å². The molecule has 0 saturated carbocycles. The SMILES string of the molecule is Cc1nn(-c2ccccc2)c(C)c1NC(=O)Cn1nnc(-c2ccsc2)n1. The molecule has 0 radical (unpaired) electrons. The lowest BCUT2D eigenvalue weighted by atomic mass is 10.3. The largest absolute Gasteiger partial charge is 0.321 e. The Morgan fingerprint density at radius 3 is 2.70 bits per heavy atom. The second-order valence-corrected chi connectivity index (χ2v) is 6.78. The van der Waals surface area contributed by atoms with E-state index in [1.54, 1.807) is 11.3 Å². The average molecular weight is 379 g/mol. The smallest absolute Gasteiger partial charge is 0.248 e. The van der Waals surface area contributed by atoms with Crippen LogP contribution in [-0.4, -0.2) is 35.9 Å². The van der Waals surface area contributed by atoms with Crippen molar-refractivity contribution in [3.63, 3.8) is 0 Å². The van der Waals surface area contributed by atoms with Crippen molar-refractivity contribution in [3.8, 4) is 17.1 Å². The van der Waals surface area contributed by atoms with E-state index in [-0.39, 0.29) is 12.5 Å². The number of hydrogen-bond donors (Lipinski definition) is 1. The van der Waals surface area contributed by atoms with E-state index in [0.29, 0.717) is 11.5 Å². The monoisotopic (exact) mass is 379 g/mol. The quantitative estimate of drug-likeness (QED) is 0.576. The van der Waals surface area contributed by atoms with Crippen LogP contribution in [0, 0.1) is 13.8 Å². The van der Waals surface area contributed by atoms with Gasteiger partial charge in [-0.15, -0.1) is 10.2 Å². The number of anilines is 1.